The second-order valence-electron chi connectivity index (χ2n) is 4.23. The number of hydrogen-bond acceptors (Lipinski definition) is 4. The molecule has 3 nitrogen and oxygen atoms in total. The summed E-state index contributed by atoms with van der Waals surface area (Å²) in [5.74, 6) is 2.05. The summed E-state index contributed by atoms with van der Waals surface area (Å²) >= 11 is 7.38. The first-order chi connectivity index (χ1) is 9.76. The summed E-state index contributed by atoms with van der Waals surface area (Å²) in [6.07, 6.45) is 0.808. The van der Waals surface area contributed by atoms with Gasteiger partial charge in [-0.15, -0.1) is 22.9 Å². The monoisotopic (exact) mass is 311 g/mol. The predicted octanol–water partition coefficient (Wildman–Crippen LogP) is 4.81. The molecule has 0 aliphatic rings. The van der Waals surface area contributed by atoms with Crippen molar-refractivity contribution in [3.63, 3.8) is 0 Å². The van der Waals surface area contributed by atoms with Gasteiger partial charge in [0.05, 0.1) is 18.2 Å². The van der Waals surface area contributed by atoms with Crippen molar-refractivity contribution in [2.24, 2.45) is 0 Å². The van der Waals surface area contributed by atoms with Gasteiger partial charge < -0.3 is 9.47 Å². The number of aromatic nitrogens is 1. The van der Waals surface area contributed by atoms with Gasteiger partial charge in [0.25, 0.3) is 0 Å². The second-order valence-corrected chi connectivity index (χ2v) is 5.39. The van der Waals surface area contributed by atoms with Gasteiger partial charge in [-0.1, -0.05) is 13.0 Å². The molecule has 5 heteroatoms. The maximum Gasteiger partial charge on any atom is 0.150 e. The average Bonchev–Trinajstić information content (AvgIpc) is 2.94. The van der Waals surface area contributed by atoms with Gasteiger partial charge in [0.1, 0.15) is 22.6 Å². The fraction of sp³-hybridized carbons (Fsp3) is 0.400. The first kappa shape index (κ1) is 15.1. The molecule has 2 rings (SSSR count). The van der Waals surface area contributed by atoms with Crippen LogP contribution in [0, 0.1) is 0 Å². The van der Waals surface area contributed by atoms with Crippen LogP contribution < -0.4 is 9.47 Å². The maximum atomic E-state index is 6.02. The first-order valence-corrected chi connectivity index (χ1v) is 8.08. The average molecular weight is 312 g/mol. The normalized spacial score (nSPS) is 12.2. The highest BCUT2D eigenvalue weighted by molar-refractivity contribution is 7.09. The number of benzene rings is 1. The van der Waals surface area contributed by atoms with Crippen molar-refractivity contribution in [2.75, 3.05) is 6.61 Å². The number of rotatable bonds is 7. The lowest BCUT2D eigenvalue weighted by Crippen LogP contribution is -2.06. The number of ether oxygens (including phenoxy) is 2. The molecule has 0 amide bonds. The van der Waals surface area contributed by atoms with Crippen LogP contribution in [0.25, 0.3) is 0 Å². The van der Waals surface area contributed by atoms with Crippen molar-refractivity contribution in [3.05, 3.63) is 40.3 Å². The van der Waals surface area contributed by atoms with Crippen molar-refractivity contribution in [3.8, 4) is 11.5 Å². The van der Waals surface area contributed by atoms with Crippen LogP contribution in [0.1, 0.15) is 37.1 Å². The maximum absolute atomic E-state index is 6.02. The smallest absolute Gasteiger partial charge is 0.150 e. The van der Waals surface area contributed by atoms with Crippen LogP contribution in [-0.4, -0.2) is 11.6 Å². The minimum absolute atomic E-state index is 0.0474. The molecule has 0 radical (unpaired) electrons. The summed E-state index contributed by atoms with van der Waals surface area (Å²) < 4.78 is 11.5. The fourth-order valence-electron chi connectivity index (χ4n) is 1.81. The molecule has 0 fully saturated rings. The molecule has 1 aromatic carbocycles. The van der Waals surface area contributed by atoms with Crippen LogP contribution in [0.4, 0.5) is 0 Å². The van der Waals surface area contributed by atoms with E-state index in [2.05, 4.69) is 11.9 Å². The molecular formula is C15H18ClNO2S. The standard InChI is InChI=1S/C15H18ClNO2S/c1-3-14(15-17-11(9-16)10-20-15)19-13-7-5-6-12(8-13)18-4-2/h5-8,10,14H,3-4,9H2,1-2H3. The van der Waals surface area contributed by atoms with Crippen molar-refractivity contribution in [1.29, 1.82) is 0 Å². The molecule has 0 saturated carbocycles. The zero-order chi connectivity index (χ0) is 14.4. The van der Waals surface area contributed by atoms with Crippen LogP contribution >= 0.6 is 22.9 Å². The second kappa shape index (κ2) is 7.50. The molecule has 0 saturated heterocycles. The lowest BCUT2D eigenvalue weighted by atomic mass is 10.2. The Balaban J connectivity index is 2.11. The molecular weight excluding hydrogens is 294 g/mol. The Bertz CT molecular complexity index is 544. The van der Waals surface area contributed by atoms with E-state index in [1.54, 1.807) is 11.3 Å². The molecule has 2 aromatic rings. The topological polar surface area (TPSA) is 31.4 Å². The van der Waals surface area contributed by atoms with E-state index in [9.17, 15) is 0 Å². The van der Waals surface area contributed by atoms with Gasteiger partial charge in [0.2, 0.25) is 0 Å². The summed E-state index contributed by atoms with van der Waals surface area (Å²) in [5.41, 5.74) is 0.900. The van der Waals surface area contributed by atoms with Gasteiger partial charge in [-0.25, -0.2) is 4.98 Å². The Hall–Kier alpha value is -1.26. The van der Waals surface area contributed by atoms with E-state index in [-0.39, 0.29) is 6.10 Å². The summed E-state index contributed by atoms with van der Waals surface area (Å²) in [7, 11) is 0. The van der Waals surface area contributed by atoms with Gasteiger partial charge >= 0.3 is 0 Å². The van der Waals surface area contributed by atoms with E-state index in [1.165, 1.54) is 0 Å². The van der Waals surface area contributed by atoms with E-state index in [1.807, 2.05) is 36.6 Å². The Morgan fingerprint density at radius 1 is 1.30 bits per heavy atom. The lowest BCUT2D eigenvalue weighted by Gasteiger charge is -2.16. The Morgan fingerprint density at radius 3 is 2.75 bits per heavy atom. The SMILES string of the molecule is CCOc1cccc(OC(CC)c2nc(CCl)cs2)c1. The van der Waals surface area contributed by atoms with Crippen molar-refractivity contribution < 1.29 is 9.47 Å². The number of alkyl halides is 1. The summed E-state index contributed by atoms with van der Waals surface area (Å²) in [4.78, 5) is 4.49. The molecule has 0 aliphatic heterocycles. The van der Waals surface area contributed by atoms with E-state index in [0.29, 0.717) is 12.5 Å². The van der Waals surface area contributed by atoms with Crippen molar-refractivity contribution in [2.45, 2.75) is 32.3 Å². The molecule has 0 aliphatic carbocycles. The fourth-order valence-corrected chi connectivity index (χ4v) is 2.97. The van der Waals surface area contributed by atoms with Crippen LogP contribution in [-0.2, 0) is 5.88 Å². The Labute approximate surface area is 128 Å². The third-order valence-corrected chi connectivity index (χ3v) is 4.01. The summed E-state index contributed by atoms with van der Waals surface area (Å²) in [5, 5.41) is 2.94. The number of halogens is 1. The zero-order valence-electron chi connectivity index (χ0n) is 11.6. The molecule has 108 valence electrons. The Kier molecular flexibility index (Phi) is 5.68. The first-order valence-electron chi connectivity index (χ1n) is 6.66. The highest BCUT2D eigenvalue weighted by Crippen LogP contribution is 2.29. The van der Waals surface area contributed by atoms with E-state index in [4.69, 9.17) is 21.1 Å². The molecule has 1 aromatic heterocycles. The highest BCUT2D eigenvalue weighted by Gasteiger charge is 2.15. The summed E-state index contributed by atoms with van der Waals surface area (Å²) in [6, 6.07) is 7.69. The summed E-state index contributed by atoms with van der Waals surface area (Å²) in [6.45, 7) is 4.69. The lowest BCUT2D eigenvalue weighted by molar-refractivity contribution is 0.199. The van der Waals surface area contributed by atoms with E-state index < -0.39 is 0 Å². The molecule has 1 atom stereocenters. The largest absolute Gasteiger partial charge is 0.494 e. The third-order valence-electron chi connectivity index (χ3n) is 2.75. The number of hydrogen-bond donors (Lipinski definition) is 0. The van der Waals surface area contributed by atoms with Crippen LogP contribution in [0.2, 0.25) is 0 Å². The van der Waals surface area contributed by atoms with Gasteiger partial charge in [0.15, 0.2) is 0 Å². The van der Waals surface area contributed by atoms with Crippen LogP contribution in [0.15, 0.2) is 29.6 Å². The van der Waals surface area contributed by atoms with Gasteiger partial charge in [-0.2, -0.15) is 0 Å². The molecule has 0 bridgehead atoms. The van der Waals surface area contributed by atoms with E-state index in [0.717, 1.165) is 28.6 Å². The minimum atomic E-state index is -0.0474. The Morgan fingerprint density at radius 2 is 2.10 bits per heavy atom. The number of thiazole rings is 1. The highest BCUT2D eigenvalue weighted by atomic mass is 35.5. The molecule has 0 spiro atoms. The van der Waals surface area contributed by atoms with E-state index >= 15 is 0 Å². The van der Waals surface area contributed by atoms with Crippen molar-refractivity contribution >= 4 is 22.9 Å². The van der Waals surface area contributed by atoms with Crippen molar-refractivity contribution in [1.82, 2.24) is 4.98 Å². The zero-order valence-corrected chi connectivity index (χ0v) is 13.2. The molecule has 20 heavy (non-hydrogen) atoms. The van der Waals surface area contributed by atoms with Gasteiger partial charge in [0, 0.05) is 11.4 Å². The predicted molar refractivity (Wildman–Crippen MR) is 82.9 cm³/mol. The quantitative estimate of drug-likeness (QED) is 0.688. The molecule has 0 N–H and O–H groups in total. The van der Waals surface area contributed by atoms with Gasteiger partial charge in [-0.05, 0) is 25.5 Å². The molecule has 1 heterocycles. The molecule has 1 unspecified atom stereocenters. The van der Waals surface area contributed by atoms with Crippen LogP contribution in [0.3, 0.4) is 0 Å². The minimum Gasteiger partial charge on any atom is -0.494 e. The number of nitrogens with zero attached hydrogens (tertiary/aromatic N) is 1. The third kappa shape index (κ3) is 3.87. The van der Waals surface area contributed by atoms with Crippen LogP contribution in [0.5, 0.6) is 11.5 Å². The van der Waals surface area contributed by atoms with Gasteiger partial charge in [-0.3, -0.25) is 0 Å².